The maximum absolute atomic E-state index is 11.8. The summed E-state index contributed by atoms with van der Waals surface area (Å²) in [5, 5.41) is 22.0. The van der Waals surface area contributed by atoms with Crippen molar-refractivity contribution in [3.63, 3.8) is 0 Å². The van der Waals surface area contributed by atoms with Gasteiger partial charge in [0.1, 0.15) is 0 Å². The van der Waals surface area contributed by atoms with Crippen LogP contribution in [0.1, 0.15) is 19.4 Å². The number of benzene rings is 1. The molecule has 7 heteroatoms. The zero-order valence-electron chi connectivity index (χ0n) is 11.2. The fourth-order valence-corrected chi connectivity index (χ4v) is 1.57. The molecule has 0 radical (unpaired) electrons. The average molecular weight is 280 g/mol. The van der Waals surface area contributed by atoms with Crippen LogP contribution in [0.3, 0.4) is 0 Å². The van der Waals surface area contributed by atoms with E-state index in [2.05, 4.69) is 5.32 Å². The first-order chi connectivity index (χ1) is 9.32. The summed E-state index contributed by atoms with van der Waals surface area (Å²) in [6, 6.07) is 5.91. The topological polar surface area (TPSA) is 110 Å². The maximum atomic E-state index is 11.8. The summed E-state index contributed by atoms with van der Waals surface area (Å²) < 4.78 is 0. The Bertz CT molecular complexity index is 529. The molecule has 0 spiro atoms. The van der Waals surface area contributed by atoms with Crippen molar-refractivity contribution in [2.24, 2.45) is 11.8 Å². The Morgan fingerprint density at radius 1 is 1.35 bits per heavy atom. The highest BCUT2D eigenvalue weighted by atomic mass is 16.6. The number of hydrogen-bond donors (Lipinski definition) is 2. The molecule has 108 valence electrons. The van der Waals surface area contributed by atoms with Gasteiger partial charge in [-0.05, 0) is 5.56 Å². The number of carboxylic acids is 1. The third-order valence-corrected chi connectivity index (χ3v) is 3.14. The molecule has 1 amide bonds. The van der Waals surface area contributed by atoms with Crippen molar-refractivity contribution in [1.82, 2.24) is 5.32 Å². The van der Waals surface area contributed by atoms with Gasteiger partial charge in [0.25, 0.3) is 5.69 Å². The van der Waals surface area contributed by atoms with E-state index in [4.69, 9.17) is 5.11 Å². The zero-order valence-corrected chi connectivity index (χ0v) is 11.2. The van der Waals surface area contributed by atoms with Crippen molar-refractivity contribution in [2.45, 2.75) is 20.4 Å². The lowest BCUT2D eigenvalue weighted by molar-refractivity contribution is -0.384. The number of nitro groups is 1. The summed E-state index contributed by atoms with van der Waals surface area (Å²) in [6.07, 6.45) is 0. The van der Waals surface area contributed by atoms with Crippen molar-refractivity contribution >= 4 is 17.6 Å². The second-order valence-corrected chi connectivity index (χ2v) is 4.56. The van der Waals surface area contributed by atoms with E-state index in [-0.39, 0.29) is 12.2 Å². The zero-order chi connectivity index (χ0) is 15.3. The molecular weight excluding hydrogens is 264 g/mol. The van der Waals surface area contributed by atoms with Crippen LogP contribution in [0, 0.1) is 22.0 Å². The third kappa shape index (κ3) is 4.04. The Kier molecular flexibility index (Phi) is 5.19. The maximum Gasteiger partial charge on any atom is 0.307 e. The van der Waals surface area contributed by atoms with Gasteiger partial charge in [0.2, 0.25) is 5.91 Å². The fraction of sp³-hybridized carbons (Fsp3) is 0.385. The predicted molar refractivity (Wildman–Crippen MR) is 70.9 cm³/mol. The second-order valence-electron chi connectivity index (χ2n) is 4.56. The fourth-order valence-electron chi connectivity index (χ4n) is 1.57. The summed E-state index contributed by atoms with van der Waals surface area (Å²) in [4.78, 5) is 32.7. The van der Waals surface area contributed by atoms with Gasteiger partial charge in [-0.25, -0.2) is 0 Å². The van der Waals surface area contributed by atoms with Crippen molar-refractivity contribution in [2.75, 3.05) is 0 Å². The minimum Gasteiger partial charge on any atom is -0.481 e. The number of nitrogens with one attached hydrogen (secondary N) is 1. The van der Waals surface area contributed by atoms with E-state index in [9.17, 15) is 19.7 Å². The van der Waals surface area contributed by atoms with Crippen molar-refractivity contribution in [3.8, 4) is 0 Å². The summed E-state index contributed by atoms with van der Waals surface area (Å²) in [6.45, 7) is 3.11. The highest BCUT2D eigenvalue weighted by Gasteiger charge is 2.25. The summed E-state index contributed by atoms with van der Waals surface area (Å²) in [5.41, 5.74) is 0.534. The minimum absolute atomic E-state index is 0.0521. The van der Waals surface area contributed by atoms with Crippen LogP contribution in [-0.2, 0) is 16.1 Å². The van der Waals surface area contributed by atoms with Gasteiger partial charge in [-0.2, -0.15) is 0 Å². The van der Waals surface area contributed by atoms with Crippen LogP contribution in [0.2, 0.25) is 0 Å². The lowest BCUT2D eigenvalue weighted by atomic mass is 9.95. The van der Waals surface area contributed by atoms with Crippen LogP contribution in [0.5, 0.6) is 0 Å². The monoisotopic (exact) mass is 280 g/mol. The number of nitro benzene ring substituents is 1. The van der Waals surface area contributed by atoms with Crippen LogP contribution in [-0.4, -0.2) is 21.9 Å². The van der Waals surface area contributed by atoms with Gasteiger partial charge in [-0.3, -0.25) is 19.7 Å². The molecule has 0 aromatic heterocycles. The van der Waals surface area contributed by atoms with Crippen LogP contribution >= 0.6 is 0 Å². The average Bonchev–Trinajstić information content (AvgIpc) is 2.43. The first-order valence-corrected chi connectivity index (χ1v) is 6.06. The molecule has 0 heterocycles. The van der Waals surface area contributed by atoms with E-state index >= 15 is 0 Å². The molecule has 7 nitrogen and oxygen atoms in total. The van der Waals surface area contributed by atoms with Crippen LogP contribution in [0.4, 0.5) is 5.69 Å². The largest absolute Gasteiger partial charge is 0.481 e. The molecule has 0 saturated carbocycles. The molecule has 20 heavy (non-hydrogen) atoms. The van der Waals surface area contributed by atoms with E-state index in [0.29, 0.717) is 5.56 Å². The van der Waals surface area contributed by atoms with Gasteiger partial charge in [0.05, 0.1) is 10.8 Å². The van der Waals surface area contributed by atoms with Crippen LogP contribution < -0.4 is 5.32 Å². The molecule has 1 rings (SSSR count). The molecule has 0 aliphatic rings. The predicted octanol–water partition coefficient (Wildman–Crippen LogP) is 1.57. The Balaban J connectivity index is 2.63. The molecule has 0 saturated heterocycles. The molecule has 0 bridgehead atoms. The van der Waals surface area contributed by atoms with Gasteiger partial charge < -0.3 is 10.4 Å². The SMILES string of the molecule is CC(C(=O)O)C(C)C(=O)NCc1cccc([N+](=O)[O-])c1. The Labute approximate surface area is 115 Å². The molecule has 0 fully saturated rings. The highest BCUT2D eigenvalue weighted by Crippen LogP contribution is 2.14. The number of rotatable bonds is 6. The Hall–Kier alpha value is -2.44. The van der Waals surface area contributed by atoms with Gasteiger partial charge in [0, 0.05) is 24.6 Å². The molecule has 2 unspecified atom stereocenters. The Morgan fingerprint density at radius 2 is 2.00 bits per heavy atom. The van der Waals surface area contributed by atoms with E-state index < -0.39 is 28.6 Å². The van der Waals surface area contributed by atoms with Crippen LogP contribution in [0.15, 0.2) is 24.3 Å². The first-order valence-electron chi connectivity index (χ1n) is 6.06. The number of nitrogens with zero attached hydrogens (tertiary/aromatic N) is 1. The molecule has 1 aromatic rings. The standard InChI is InChI=1S/C13H16N2O5/c1-8(9(2)13(17)18)12(16)14-7-10-4-3-5-11(6-10)15(19)20/h3-6,8-9H,7H2,1-2H3,(H,14,16)(H,17,18). The quantitative estimate of drug-likeness (QED) is 0.607. The van der Waals surface area contributed by atoms with Gasteiger partial charge in [0.15, 0.2) is 0 Å². The highest BCUT2D eigenvalue weighted by molar-refractivity contribution is 5.84. The van der Waals surface area contributed by atoms with Gasteiger partial charge >= 0.3 is 5.97 Å². The second kappa shape index (κ2) is 6.65. The molecule has 0 aliphatic heterocycles. The third-order valence-electron chi connectivity index (χ3n) is 3.14. The molecule has 0 aliphatic carbocycles. The lowest BCUT2D eigenvalue weighted by Gasteiger charge is -2.15. The van der Waals surface area contributed by atoms with E-state index in [1.807, 2.05) is 0 Å². The minimum atomic E-state index is -1.04. The lowest BCUT2D eigenvalue weighted by Crippen LogP contribution is -2.34. The van der Waals surface area contributed by atoms with Crippen molar-refractivity contribution in [3.05, 3.63) is 39.9 Å². The van der Waals surface area contributed by atoms with Crippen molar-refractivity contribution in [1.29, 1.82) is 0 Å². The Morgan fingerprint density at radius 3 is 2.55 bits per heavy atom. The smallest absolute Gasteiger partial charge is 0.307 e. The number of amides is 1. The first kappa shape index (κ1) is 15.6. The molecule has 1 aromatic carbocycles. The van der Waals surface area contributed by atoms with E-state index in [1.54, 1.807) is 6.07 Å². The van der Waals surface area contributed by atoms with E-state index in [1.165, 1.54) is 32.0 Å². The molecule has 2 N–H and O–H groups in total. The molecule has 2 atom stereocenters. The van der Waals surface area contributed by atoms with Crippen LogP contribution in [0.25, 0.3) is 0 Å². The number of hydrogen-bond acceptors (Lipinski definition) is 4. The normalized spacial score (nSPS) is 13.3. The van der Waals surface area contributed by atoms with Gasteiger partial charge in [-0.1, -0.05) is 26.0 Å². The summed E-state index contributed by atoms with van der Waals surface area (Å²) in [5.74, 6) is -2.90. The van der Waals surface area contributed by atoms with Crippen molar-refractivity contribution < 1.29 is 19.6 Å². The number of non-ortho nitro benzene ring substituents is 1. The summed E-state index contributed by atoms with van der Waals surface area (Å²) in [7, 11) is 0. The van der Waals surface area contributed by atoms with E-state index in [0.717, 1.165) is 0 Å². The van der Waals surface area contributed by atoms with Gasteiger partial charge in [-0.15, -0.1) is 0 Å². The number of carbonyl (C=O) groups excluding carboxylic acids is 1. The number of carboxylic acid groups (broad SMARTS) is 1. The summed E-state index contributed by atoms with van der Waals surface area (Å²) >= 11 is 0. The molecular formula is C13H16N2O5. The number of carbonyl (C=O) groups is 2. The number of aliphatic carboxylic acids is 1.